The summed E-state index contributed by atoms with van der Waals surface area (Å²) in [6, 6.07) is -0.315. The van der Waals surface area contributed by atoms with Gasteiger partial charge in [-0.05, 0) is 79.4 Å². The van der Waals surface area contributed by atoms with E-state index in [1.807, 2.05) is 0 Å². The van der Waals surface area contributed by atoms with Gasteiger partial charge in [0.1, 0.15) is 12.7 Å². The minimum atomic E-state index is -1.73. The van der Waals surface area contributed by atoms with Crippen molar-refractivity contribution in [2.24, 2.45) is 40.4 Å². The van der Waals surface area contributed by atoms with Crippen LogP contribution in [0.25, 0.3) is 0 Å². The molecule has 4 fully saturated rings. The monoisotopic (exact) mass is 581 g/mol. The zero-order chi connectivity index (χ0) is 27.3. The third kappa shape index (κ3) is 5.55. The molecule has 1 amide bonds. The number of hydrogen-bond donors (Lipinski definition) is 2. The Bertz CT molecular complexity index is 913. The van der Waals surface area contributed by atoms with Crippen LogP contribution in [0.1, 0.15) is 65.7 Å². The molecule has 0 aromatic rings. The van der Waals surface area contributed by atoms with Crippen LogP contribution in [0.2, 0.25) is 0 Å². The molecule has 210 valence electrons. The number of halogens is 3. The van der Waals surface area contributed by atoms with Gasteiger partial charge < -0.3 is 24.6 Å². The third-order valence-electron chi connectivity index (χ3n) is 10.1. The number of nitrogens with one attached hydrogen (secondary N) is 1. The molecule has 0 aliphatic heterocycles. The molecule has 0 aromatic heterocycles. The first-order valence-electron chi connectivity index (χ1n) is 13.1. The predicted octanol–water partition coefficient (Wildman–Crippen LogP) is 4.80. The number of carbonyl (C=O) groups excluding carboxylic acids is 3. The average molecular weight is 583 g/mol. The second-order valence-electron chi connectivity index (χ2n) is 12.0. The number of alkyl halides is 3. The van der Waals surface area contributed by atoms with Crippen LogP contribution in [0, 0.1) is 40.4 Å². The Balaban J connectivity index is 1.66. The third-order valence-corrected chi connectivity index (χ3v) is 10.4. The highest BCUT2D eigenvalue weighted by Crippen LogP contribution is 2.67. The number of esters is 2. The Morgan fingerprint density at radius 3 is 2.38 bits per heavy atom. The molecule has 4 saturated carbocycles. The summed E-state index contributed by atoms with van der Waals surface area (Å²) >= 11 is 17.4. The highest BCUT2D eigenvalue weighted by molar-refractivity contribution is 6.67. The minimum Gasteiger partial charge on any atom is -0.469 e. The molecule has 0 heterocycles. The van der Waals surface area contributed by atoms with E-state index in [-0.39, 0.29) is 52.4 Å². The number of alkyl carbamates (subject to hydrolysis) is 1. The van der Waals surface area contributed by atoms with E-state index in [0.29, 0.717) is 19.3 Å². The van der Waals surface area contributed by atoms with Gasteiger partial charge in [0.15, 0.2) is 0 Å². The molecule has 8 nitrogen and oxygen atoms in total. The van der Waals surface area contributed by atoms with Crippen molar-refractivity contribution < 1.29 is 33.7 Å². The topological polar surface area (TPSA) is 111 Å². The summed E-state index contributed by atoms with van der Waals surface area (Å²) in [5.41, 5.74) is -0.658. The van der Waals surface area contributed by atoms with Gasteiger partial charge in [0, 0.05) is 13.0 Å². The number of amides is 1. The lowest BCUT2D eigenvalue weighted by molar-refractivity contribution is -0.188. The number of fused-ring (bicyclic) bond motifs is 5. The highest BCUT2D eigenvalue weighted by atomic mass is 35.6. The molecule has 4 aliphatic rings. The maximum Gasteiger partial charge on any atom is 0.407 e. The molecule has 0 aromatic carbocycles. The number of rotatable bonds is 4. The molecular formula is C26H38Cl3NO7. The molecule has 0 unspecified atom stereocenters. The van der Waals surface area contributed by atoms with E-state index in [1.54, 1.807) is 0 Å². The van der Waals surface area contributed by atoms with Crippen molar-refractivity contribution in [2.75, 3.05) is 13.7 Å². The van der Waals surface area contributed by atoms with Gasteiger partial charge in [-0.15, -0.1) is 0 Å². The van der Waals surface area contributed by atoms with Crippen molar-refractivity contribution in [1.29, 1.82) is 0 Å². The van der Waals surface area contributed by atoms with Crippen molar-refractivity contribution >= 4 is 52.8 Å². The van der Waals surface area contributed by atoms with Crippen LogP contribution in [-0.2, 0) is 23.8 Å². The fourth-order valence-electron chi connectivity index (χ4n) is 8.80. The van der Waals surface area contributed by atoms with Gasteiger partial charge in [0.25, 0.3) is 0 Å². The summed E-state index contributed by atoms with van der Waals surface area (Å²) in [6.45, 7) is 5.31. The van der Waals surface area contributed by atoms with Gasteiger partial charge in [-0.3, -0.25) is 9.59 Å². The van der Waals surface area contributed by atoms with Gasteiger partial charge in [0.05, 0.1) is 19.1 Å². The summed E-state index contributed by atoms with van der Waals surface area (Å²) in [4.78, 5) is 37.3. The lowest BCUT2D eigenvalue weighted by atomic mass is 9.43. The van der Waals surface area contributed by atoms with E-state index in [2.05, 4.69) is 19.2 Å². The molecule has 11 heteroatoms. The summed E-state index contributed by atoms with van der Waals surface area (Å²) in [5, 5.41) is 14.1. The van der Waals surface area contributed by atoms with Crippen LogP contribution in [0.4, 0.5) is 4.79 Å². The van der Waals surface area contributed by atoms with E-state index in [1.165, 1.54) is 14.0 Å². The largest absolute Gasteiger partial charge is 0.469 e. The maximum atomic E-state index is 12.9. The molecule has 4 aliphatic carbocycles. The van der Waals surface area contributed by atoms with Crippen LogP contribution in [0.3, 0.4) is 0 Å². The summed E-state index contributed by atoms with van der Waals surface area (Å²) in [5.74, 6) is -0.0764. The van der Waals surface area contributed by atoms with Gasteiger partial charge in [-0.2, -0.15) is 0 Å². The molecule has 0 spiro atoms. The maximum absolute atomic E-state index is 12.9. The smallest absolute Gasteiger partial charge is 0.407 e. The van der Waals surface area contributed by atoms with Crippen molar-refractivity contribution in [3.63, 3.8) is 0 Å². The molecule has 0 saturated heterocycles. The van der Waals surface area contributed by atoms with Crippen molar-refractivity contribution in [2.45, 2.75) is 87.8 Å². The first kappa shape index (κ1) is 29.0. The van der Waals surface area contributed by atoms with E-state index in [0.717, 1.165) is 25.7 Å². The van der Waals surface area contributed by atoms with E-state index in [9.17, 15) is 19.5 Å². The predicted molar refractivity (Wildman–Crippen MR) is 138 cm³/mol. The zero-order valence-corrected chi connectivity index (χ0v) is 24.1. The van der Waals surface area contributed by atoms with E-state index < -0.39 is 34.7 Å². The zero-order valence-electron chi connectivity index (χ0n) is 21.8. The Labute approximate surface area is 233 Å². The fraction of sp³-hybridized carbons (Fsp3) is 0.885. The highest BCUT2D eigenvalue weighted by Gasteiger charge is 2.65. The molecule has 10 atom stereocenters. The molecule has 0 bridgehead atoms. The van der Waals surface area contributed by atoms with Crippen molar-refractivity contribution in [1.82, 2.24) is 5.32 Å². The Hall–Kier alpha value is -0.960. The Morgan fingerprint density at radius 2 is 1.76 bits per heavy atom. The molecule has 37 heavy (non-hydrogen) atoms. The van der Waals surface area contributed by atoms with Gasteiger partial charge >= 0.3 is 18.0 Å². The quantitative estimate of drug-likeness (QED) is 0.278. The Kier molecular flexibility index (Phi) is 8.28. The first-order valence-corrected chi connectivity index (χ1v) is 14.3. The van der Waals surface area contributed by atoms with Gasteiger partial charge in [-0.1, -0.05) is 48.7 Å². The Morgan fingerprint density at radius 1 is 1.05 bits per heavy atom. The van der Waals surface area contributed by atoms with Crippen molar-refractivity contribution in [3.05, 3.63) is 0 Å². The fourth-order valence-corrected chi connectivity index (χ4v) is 8.96. The first-order chi connectivity index (χ1) is 17.2. The lowest BCUT2D eigenvalue weighted by Gasteiger charge is -2.63. The number of carbonyl (C=O) groups is 3. The van der Waals surface area contributed by atoms with E-state index in [4.69, 9.17) is 49.0 Å². The molecule has 2 N–H and O–H groups in total. The van der Waals surface area contributed by atoms with Crippen LogP contribution in [-0.4, -0.2) is 58.9 Å². The van der Waals surface area contributed by atoms with Crippen LogP contribution in [0.5, 0.6) is 0 Å². The number of hydrogen-bond acceptors (Lipinski definition) is 7. The van der Waals surface area contributed by atoms with Crippen LogP contribution >= 0.6 is 34.8 Å². The summed E-state index contributed by atoms with van der Waals surface area (Å²) in [6.07, 6.45) is 3.15. The number of aliphatic hydroxyl groups excluding tert-OH is 1. The van der Waals surface area contributed by atoms with Crippen LogP contribution < -0.4 is 5.32 Å². The molecule has 0 radical (unpaired) electrons. The second kappa shape index (κ2) is 10.5. The number of methoxy groups -OCH3 is 1. The lowest BCUT2D eigenvalue weighted by Crippen LogP contribution is -2.64. The second-order valence-corrected chi connectivity index (χ2v) is 14.6. The van der Waals surface area contributed by atoms with Crippen LogP contribution in [0.15, 0.2) is 0 Å². The number of ether oxygens (including phenoxy) is 3. The summed E-state index contributed by atoms with van der Waals surface area (Å²) in [7, 11) is 1.42. The SMILES string of the molecule is COC(=O)[C@H]1CC[C@H]2[C@@H]3CC[C@H]4C[C@H](OC(C)=O)[C@@H](O)C[C@]4(C)[C@H]3[C@H](NC(=O)OCC(Cl)(Cl)Cl)C[C@]12C. The van der Waals surface area contributed by atoms with Crippen molar-refractivity contribution in [3.8, 4) is 0 Å². The molecule has 4 rings (SSSR count). The standard InChI is InChI=1S/C26H38Cl3NO7/c1-13(31)37-20-9-14-5-6-15-16-7-8-17(22(33)35-4)25(16,3)10-18(21(15)24(14,2)11-19(20)32)30-23(34)36-12-26(27,28)29/h14-21,32H,5-12H2,1-4H3,(H,30,34)/t14-,15-,16-,17+,18+,19-,20-,21+,24-,25-/m0/s1. The van der Waals surface area contributed by atoms with Gasteiger partial charge in [0.2, 0.25) is 3.79 Å². The van der Waals surface area contributed by atoms with Gasteiger partial charge in [-0.25, -0.2) is 4.79 Å². The minimum absolute atomic E-state index is 0.0361. The van der Waals surface area contributed by atoms with E-state index >= 15 is 0 Å². The normalized spacial score (nSPS) is 43.0. The average Bonchev–Trinajstić information content (AvgIpc) is 3.13. The molecular weight excluding hydrogens is 545 g/mol. The number of aliphatic hydroxyl groups is 1. The summed E-state index contributed by atoms with van der Waals surface area (Å²) < 4.78 is 14.1.